The van der Waals surface area contributed by atoms with Gasteiger partial charge in [0, 0.05) is 55.8 Å². The Morgan fingerprint density at radius 1 is 1.12 bits per heavy atom. The van der Waals surface area contributed by atoms with Gasteiger partial charge in [0.1, 0.15) is 5.65 Å². The van der Waals surface area contributed by atoms with Crippen molar-refractivity contribution in [3.8, 4) is 0 Å². The van der Waals surface area contributed by atoms with Crippen molar-refractivity contribution in [2.75, 3.05) is 26.2 Å². The zero-order valence-corrected chi connectivity index (χ0v) is 15.3. The highest BCUT2D eigenvalue weighted by Gasteiger charge is 2.23. The molecule has 3 aromatic rings. The van der Waals surface area contributed by atoms with Crippen molar-refractivity contribution in [2.45, 2.75) is 6.54 Å². The van der Waals surface area contributed by atoms with Crippen LogP contribution >= 0.6 is 15.9 Å². The highest BCUT2D eigenvalue weighted by molar-refractivity contribution is 9.10. The summed E-state index contributed by atoms with van der Waals surface area (Å²) in [5.74, 6) is 0.0447. The van der Waals surface area contributed by atoms with Crippen LogP contribution in [0.2, 0.25) is 0 Å². The normalized spacial score (nSPS) is 15.6. The number of amides is 1. The van der Waals surface area contributed by atoms with Crippen LogP contribution in [0.5, 0.6) is 0 Å². The summed E-state index contributed by atoms with van der Waals surface area (Å²) in [6.07, 6.45) is 7.28. The summed E-state index contributed by atoms with van der Waals surface area (Å²) >= 11 is 3.37. The number of pyridine rings is 2. The van der Waals surface area contributed by atoms with Crippen molar-refractivity contribution in [3.05, 3.63) is 64.8 Å². The Morgan fingerprint density at radius 3 is 2.76 bits per heavy atom. The van der Waals surface area contributed by atoms with Crippen LogP contribution in [0.15, 0.2) is 53.5 Å². The van der Waals surface area contributed by atoms with Crippen LogP contribution in [0, 0.1) is 0 Å². The Morgan fingerprint density at radius 2 is 1.96 bits per heavy atom. The zero-order chi connectivity index (χ0) is 17.2. The van der Waals surface area contributed by atoms with Gasteiger partial charge >= 0.3 is 0 Å². The highest BCUT2D eigenvalue weighted by Crippen LogP contribution is 2.15. The molecule has 1 fully saturated rings. The van der Waals surface area contributed by atoms with Gasteiger partial charge in [-0.1, -0.05) is 6.07 Å². The molecule has 7 heteroatoms. The number of carbonyl (C=O) groups is 1. The van der Waals surface area contributed by atoms with Crippen molar-refractivity contribution in [1.29, 1.82) is 0 Å². The van der Waals surface area contributed by atoms with Crippen LogP contribution in [0.25, 0.3) is 5.65 Å². The molecule has 1 aliphatic rings. The van der Waals surface area contributed by atoms with Crippen molar-refractivity contribution < 1.29 is 4.79 Å². The van der Waals surface area contributed by atoms with Crippen molar-refractivity contribution in [2.24, 2.45) is 0 Å². The molecule has 1 amide bonds. The number of rotatable bonds is 3. The Bertz CT molecular complexity index is 901. The fraction of sp³-hybridized carbons (Fsp3) is 0.278. The molecule has 128 valence electrons. The first kappa shape index (κ1) is 16.2. The Labute approximate surface area is 154 Å². The van der Waals surface area contributed by atoms with Crippen LogP contribution in [0.3, 0.4) is 0 Å². The van der Waals surface area contributed by atoms with Gasteiger partial charge in [-0.05, 0) is 34.1 Å². The maximum atomic E-state index is 12.6. The first-order valence-electron chi connectivity index (χ1n) is 8.24. The molecule has 0 saturated carbocycles. The third-order valence-electron chi connectivity index (χ3n) is 4.49. The number of halogens is 1. The fourth-order valence-corrected chi connectivity index (χ4v) is 3.52. The molecule has 3 aromatic heterocycles. The second-order valence-electron chi connectivity index (χ2n) is 6.14. The smallest absolute Gasteiger partial charge is 0.255 e. The van der Waals surface area contributed by atoms with E-state index in [2.05, 4.69) is 35.2 Å². The molecule has 0 aromatic carbocycles. The Balaban J connectivity index is 1.39. The number of fused-ring (bicyclic) bond motifs is 1. The molecule has 0 spiro atoms. The van der Waals surface area contributed by atoms with E-state index in [9.17, 15) is 4.79 Å². The Hall–Kier alpha value is -2.25. The highest BCUT2D eigenvalue weighted by atomic mass is 79.9. The lowest BCUT2D eigenvalue weighted by atomic mass is 10.2. The number of imidazole rings is 1. The SMILES string of the molecule is O=C(c1cncc(Br)c1)N1CCN(Cc2cnc3ccccn23)CC1. The van der Waals surface area contributed by atoms with Crippen molar-refractivity contribution >= 4 is 27.5 Å². The maximum absolute atomic E-state index is 12.6. The van der Waals surface area contributed by atoms with Gasteiger partial charge in [-0.2, -0.15) is 0 Å². The first-order chi connectivity index (χ1) is 12.2. The van der Waals surface area contributed by atoms with Crippen LogP contribution < -0.4 is 0 Å². The lowest BCUT2D eigenvalue weighted by Gasteiger charge is -2.34. The molecule has 1 aliphatic heterocycles. The molecule has 1 saturated heterocycles. The molecule has 0 atom stereocenters. The van der Waals surface area contributed by atoms with Gasteiger partial charge in [-0.15, -0.1) is 0 Å². The average molecular weight is 400 g/mol. The number of carbonyl (C=O) groups excluding carboxylic acids is 1. The standard InChI is InChI=1S/C18H18BrN5O/c19-15-9-14(10-20-11-15)18(25)23-7-5-22(6-8-23)13-16-12-21-17-3-1-2-4-24(16)17/h1-4,9-12H,5-8,13H2. The molecule has 4 heterocycles. The zero-order valence-electron chi connectivity index (χ0n) is 13.7. The van der Waals surface area contributed by atoms with Gasteiger partial charge < -0.3 is 9.30 Å². The largest absolute Gasteiger partial charge is 0.336 e. The first-order valence-corrected chi connectivity index (χ1v) is 9.03. The minimum absolute atomic E-state index is 0.0447. The van der Waals surface area contributed by atoms with Gasteiger partial charge in [0.15, 0.2) is 0 Å². The molecular weight excluding hydrogens is 382 g/mol. The quantitative estimate of drug-likeness (QED) is 0.678. The number of nitrogens with zero attached hydrogens (tertiary/aromatic N) is 5. The van der Waals surface area contributed by atoms with Gasteiger partial charge in [-0.25, -0.2) is 4.98 Å². The number of hydrogen-bond donors (Lipinski definition) is 0. The van der Waals surface area contributed by atoms with Crippen LogP contribution in [0.1, 0.15) is 16.1 Å². The summed E-state index contributed by atoms with van der Waals surface area (Å²) in [6.45, 7) is 4.00. The molecule has 25 heavy (non-hydrogen) atoms. The summed E-state index contributed by atoms with van der Waals surface area (Å²) in [7, 11) is 0. The lowest BCUT2D eigenvalue weighted by molar-refractivity contribution is 0.0626. The van der Waals surface area contributed by atoms with Gasteiger partial charge in [0.05, 0.1) is 17.5 Å². The average Bonchev–Trinajstić information content (AvgIpc) is 3.05. The molecule has 0 bridgehead atoms. The second kappa shape index (κ2) is 6.93. The van der Waals surface area contributed by atoms with E-state index >= 15 is 0 Å². The van der Waals surface area contributed by atoms with Gasteiger partial charge in [0.25, 0.3) is 5.91 Å². The molecule has 0 N–H and O–H groups in total. The number of hydrogen-bond acceptors (Lipinski definition) is 4. The Kier molecular flexibility index (Phi) is 4.50. The lowest BCUT2D eigenvalue weighted by Crippen LogP contribution is -2.48. The van der Waals surface area contributed by atoms with E-state index in [1.54, 1.807) is 12.4 Å². The van der Waals surface area contributed by atoms with Crippen LogP contribution in [0.4, 0.5) is 0 Å². The fourth-order valence-electron chi connectivity index (χ4n) is 3.15. The van der Waals surface area contributed by atoms with E-state index in [4.69, 9.17) is 0 Å². The summed E-state index contributed by atoms with van der Waals surface area (Å²) in [5.41, 5.74) is 2.77. The summed E-state index contributed by atoms with van der Waals surface area (Å²) in [5, 5.41) is 0. The minimum atomic E-state index is 0.0447. The van der Waals surface area contributed by atoms with Crippen LogP contribution in [-0.4, -0.2) is 56.3 Å². The van der Waals surface area contributed by atoms with Crippen LogP contribution in [-0.2, 0) is 6.54 Å². The molecule has 6 nitrogen and oxygen atoms in total. The van der Waals surface area contributed by atoms with E-state index in [1.165, 1.54) is 5.69 Å². The van der Waals surface area contributed by atoms with E-state index in [0.717, 1.165) is 42.8 Å². The molecule has 4 rings (SSSR count). The molecule has 0 aliphatic carbocycles. The maximum Gasteiger partial charge on any atom is 0.255 e. The van der Waals surface area contributed by atoms with E-state index in [0.29, 0.717) is 5.56 Å². The van der Waals surface area contributed by atoms with E-state index in [1.807, 2.05) is 41.6 Å². The molecule has 0 radical (unpaired) electrons. The number of aromatic nitrogens is 3. The van der Waals surface area contributed by atoms with Gasteiger partial charge in [-0.3, -0.25) is 14.7 Å². The monoisotopic (exact) mass is 399 g/mol. The topological polar surface area (TPSA) is 53.7 Å². The third kappa shape index (κ3) is 3.43. The summed E-state index contributed by atoms with van der Waals surface area (Å²) in [6, 6.07) is 7.83. The second-order valence-corrected chi connectivity index (χ2v) is 7.05. The van der Waals surface area contributed by atoms with E-state index < -0.39 is 0 Å². The van der Waals surface area contributed by atoms with Crippen molar-refractivity contribution in [3.63, 3.8) is 0 Å². The van der Waals surface area contributed by atoms with Gasteiger partial charge in [0.2, 0.25) is 0 Å². The van der Waals surface area contributed by atoms with Crippen molar-refractivity contribution in [1.82, 2.24) is 24.2 Å². The molecular formula is C18H18BrN5O. The third-order valence-corrected chi connectivity index (χ3v) is 4.92. The predicted molar refractivity (Wildman–Crippen MR) is 98.3 cm³/mol. The predicted octanol–water partition coefficient (Wildman–Crippen LogP) is 2.45. The minimum Gasteiger partial charge on any atom is -0.336 e. The number of piperazine rings is 1. The molecule has 0 unspecified atom stereocenters. The van der Waals surface area contributed by atoms with E-state index in [-0.39, 0.29) is 5.91 Å². The summed E-state index contributed by atoms with van der Waals surface area (Å²) < 4.78 is 2.94. The summed E-state index contributed by atoms with van der Waals surface area (Å²) in [4.78, 5) is 25.4.